The van der Waals surface area contributed by atoms with E-state index in [2.05, 4.69) is 5.32 Å². The van der Waals surface area contributed by atoms with Crippen molar-refractivity contribution in [2.45, 2.75) is 76.7 Å². The third-order valence-corrected chi connectivity index (χ3v) is 4.17. The van der Waals surface area contributed by atoms with Crippen molar-refractivity contribution in [3.05, 3.63) is 0 Å². The number of esters is 1. The van der Waals surface area contributed by atoms with E-state index in [9.17, 15) is 9.59 Å². The van der Waals surface area contributed by atoms with E-state index in [1.807, 2.05) is 0 Å². The van der Waals surface area contributed by atoms with Gasteiger partial charge in [0.15, 0.2) is 18.2 Å². The van der Waals surface area contributed by atoms with Crippen molar-refractivity contribution in [1.82, 2.24) is 5.32 Å². The fraction of sp³-hybridized carbons (Fsp3) is 0.875. The minimum absolute atomic E-state index is 0.00497. The number of carbonyl (C=O) groups excluding carboxylic acids is 2. The molecule has 2 saturated heterocycles. The lowest BCUT2D eigenvalue weighted by atomic mass is 9.96. The fourth-order valence-electron chi connectivity index (χ4n) is 3.15. The molecule has 2 N–H and O–H groups in total. The van der Waals surface area contributed by atoms with Crippen molar-refractivity contribution in [3.63, 3.8) is 0 Å². The number of methoxy groups -OCH3 is 1. The lowest BCUT2D eigenvalue weighted by Crippen LogP contribution is -2.63. The van der Waals surface area contributed by atoms with Crippen LogP contribution in [0.5, 0.6) is 0 Å². The molecule has 144 valence electrons. The lowest BCUT2D eigenvalue weighted by Gasteiger charge is -2.41. The van der Waals surface area contributed by atoms with Gasteiger partial charge in [-0.05, 0) is 20.8 Å². The highest BCUT2D eigenvalue weighted by Gasteiger charge is 2.55. The second-order valence-corrected chi connectivity index (χ2v) is 6.65. The quantitative estimate of drug-likeness (QED) is 0.620. The molecule has 2 heterocycles. The van der Waals surface area contributed by atoms with Crippen LogP contribution in [0.25, 0.3) is 0 Å². The second kappa shape index (κ2) is 7.96. The summed E-state index contributed by atoms with van der Waals surface area (Å²) in [6.45, 7) is 6.25. The van der Waals surface area contributed by atoms with E-state index in [1.54, 1.807) is 20.8 Å². The van der Waals surface area contributed by atoms with Crippen molar-refractivity contribution in [2.24, 2.45) is 0 Å². The Labute approximate surface area is 146 Å². The van der Waals surface area contributed by atoms with Crippen molar-refractivity contribution in [1.29, 1.82) is 0 Å². The zero-order valence-corrected chi connectivity index (χ0v) is 15.2. The molecule has 2 aliphatic rings. The van der Waals surface area contributed by atoms with E-state index in [0.717, 1.165) is 0 Å². The summed E-state index contributed by atoms with van der Waals surface area (Å²) in [5.41, 5.74) is 0. The first-order valence-electron chi connectivity index (χ1n) is 8.31. The molecular weight excluding hydrogens is 334 g/mol. The van der Waals surface area contributed by atoms with Crippen LogP contribution in [0.1, 0.15) is 34.1 Å². The molecule has 1 amide bonds. The maximum atomic E-state index is 12.5. The highest BCUT2D eigenvalue weighted by atomic mass is 16.8. The summed E-state index contributed by atoms with van der Waals surface area (Å²) < 4.78 is 27.8. The largest absolute Gasteiger partial charge is 0.452 e. The average Bonchev–Trinajstić information content (AvgIpc) is 2.84. The maximum Gasteiger partial charge on any atom is 0.303 e. The first kappa shape index (κ1) is 20.1. The molecule has 0 spiro atoms. The average molecular weight is 361 g/mol. The number of aliphatic hydroxyl groups excluding tert-OH is 1. The van der Waals surface area contributed by atoms with E-state index in [0.29, 0.717) is 0 Å². The Bertz CT molecular complexity index is 497. The lowest BCUT2D eigenvalue weighted by molar-refractivity contribution is -0.244. The number of rotatable bonds is 6. The van der Waals surface area contributed by atoms with Crippen molar-refractivity contribution in [2.75, 3.05) is 13.7 Å². The predicted octanol–water partition coefficient (Wildman–Crippen LogP) is -0.303. The molecule has 0 aromatic heterocycles. The Hall–Kier alpha value is -1.26. The molecule has 0 bridgehead atoms. The zero-order valence-electron chi connectivity index (χ0n) is 15.2. The molecule has 25 heavy (non-hydrogen) atoms. The van der Waals surface area contributed by atoms with Crippen LogP contribution in [0.15, 0.2) is 0 Å². The number of fused-ring (bicyclic) bond motifs is 1. The molecule has 2 rings (SSSR count). The Morgan fingerprint density at radius 1 is 1.28 bits per heavy atom. The minimum atomic E-state index is -1.08. The summed E-state index contributed by atoms with van der Waals surface area (Å²) >= 11 is 0. The van der Waals surface area contributed by atoms with Gasteiger partial charge in [0.25, 0.3) is 5.91 Å². The van der Waals surface area contributed by atoms with Crippen molar-refractivity contribution < 1.29 is 38.4 Å². The van der Waals surface area contributed by atoms with Gasteiger partial charge in [0.2, 0.25) is 0 Å². The SMILES string of the molecule is CO[C@H]1O[C@H](C)[C@@H](NC(=O)[C@H](CCO)OC(C)=O)[C@@H]2OC(C)(C)O[C@H]12. The highest BCUT2D eigenvalue weighted by Crippen LogP contribution is 2.37. The van der Waals surface area contributed by atoms with Gasteiger partial charge >= 0.3 is 5.97 Å². The minimum Gasteiger partial charge on any atom is -0.452 e. The number of ether oxygens (including phenoxy) is 5. The van der Waals surface area contributed by atoms with Crippen molar-refractivity contribution in [3.8, 4) is 0 Å². The monoisotopic (exact) mass is 361 g/mol. The third kappa shape index (κ3) is 4.68. The Balaban J connectivity index is 2.13. The third-order valence-electron chi connectivity index (χ3n) is 4.17. The molecule has 0 radical (unpaired) electrons. The molecule has 6 atom stereocenters. The van der Waals surface area contributed by atoms with Crippen LogP contribution in [-0.4, -0.2) is 73.2 Å². The molecule has 2 aliphatic heterocycles. The van der Waals surface area contributed by atoms with Gasteiger partial charge in [0.05, 0.1) is 12.1 Å². The van der Waals surface area contributed by atoms with E-state index in [4.69, 9.17) is 28.8 Å². The van der Waals surface area contributed by atoms with Gasteiger partial charge in [-0.2, -0.15) is 0 Å². The predicted molar refractivity (Wildman–Crippen MR) is 84.4 cm³/mol. The molecule has 0 unspecified atom stereocenters. The summed E-state index contributed by atoms with van der Waals surface area (Å²) in [6, 6.07) is -0.526. The Kier molecular flexibility index (Phi) is 6.39. The summed E-state index contributed by atoms with van der Waals surface area (Å²) in [4.78, 5) is 23.7. The van der Waals surface area contributed by atoms with Gasteiger partial charge in [-0.1, -0.05) is 0 Å². The van der Waals surface area contributed by atoms with Crippen LogP contribution in [0.4, 0.5) is 0 Å². The highest BCUT2D eigenvalue weighted by molar-refractivity contribution is 5.83. The molecule has 9 heteroatoms. The maximum absolute atomic E-state index is 12.5. The summed E-state index contributed by atoms with van der Waals surface area (Å²) in [6.07, 6.45) is -3.10. The van der Waals surface area contributed by atoms with Crippen LogP contribution >= 0.6 is 0 Å². The van der Waals surface area contributed by atoms with Gasteiger partial charge in [-0.15, -0.1) is 0 Å². The van der Waals surface area contributed by atoms with Gasteiger partial charge < -0.3 is 34.1 Å². The second-order valence-electron chi connectivity index (χ2n) is 6.65. The molecule has 9 nitrogen and oxygen atoms in total. The number of nitrogens with one attached hydrogen (secondary N) is 1. The molecule has 0 aromatic carbocycles. The Morgan fingerprint density at radius 2 is 1.92 bits per heavy atom. The summed E-state index contributed by atoms with van der Waals surface area (Å²) in [5.74, 6) is -1.96. The van der Waals surface area contributed by atoms with Crippen LogP contribution < -0.4 is 5.32 Å². The summed E-state index contributed by atoms with van der Waals surface area (Å²) in [7, 11) is 1.51. The van der Waals surface area contributed by atoms with E-state index < -0.39 is 54.4 Å². The zero-order chi connectivity index (χ0) is 18.8. The van der Waals surface area contributed by atoms with Crippen LogP contribution in [-0.2, 0) is 33.3 Å². The summed E-state index contributed by atoms with van der Waals surface area (Å²) in [5, 5.41) is 11.9. The molecule has 2 fully saturated rings. The van der Waals surface area contributed by atoms with Gasteiger partial charge in [-0.25, -0.2) is 0 Å². The van der Waals surface area contributed by atoms with Crippen LogP contribution in [0, 0.1) is 0 Å². The van der Waals surface area contributed by atoms with Crippen LogP contribution in [0.2, 0.25) is 0 Å². The number of amides is 1. The van der Waals surface area contributed by atoms with Gasteiger partial charge in [0.1, 0.15) is 12.2 Å². The molecule has 0 saturated carbocycles. The van der Waals surface area contributed by atoms with Gasteiger partial charge in [-0.3, -0.25) is 9.59 Å². The Morgan fingerprint density at radius 3 is 2.48 bits per heavy atom. The standard InChI is InChI=1S/C16H27NO8/c1-8-11(17-14(20)10(6-7-18)23-9(2)19)12-13(15(21-5)22-8)25-16(3,4)24-12/h8,10-13,15,18H,6-7H2,1-5H3,(H,17,20)/t8-,10+,11-,12+,13+,15+/m1/s1. The van der Waals surface area contributed by atoms with E-state index in [1.165, 1.54) is 14.0 Å². The topological polar surface area (TPSA) is 113 Å². The number of hydrogen-bond acceptors (Lipinski definition) is 8. The smallest absolute Gasteiger partial charge is 0.303 e. The van der Waals surface area contributed by atoms with Crippen molar-refractivity contribution >= 4 is 11.9 Å². The fourth-order valence-corrected chi connectivity index (χ4v) is 3.15. The van der Waals surface area contributed by atoms with E-state index >= 15 is 0 Å². The molecule has 0 aromatic rings. The number of hydrogen-bond donors (Lipinski definition) is 2. The number of carbonyl (C=O) groups is 2. The molecule has 0 aliphatic carbocycles. The van der Waals surface area contributed by atoms with Gasteiger partial charge in [0, 0.05) is 27.1 Å². The first-order valence-corrected chi connectivity index (χ1v) is 8.31. The molecular formula is C16H27NO8. The van der Waals surface area contributed by atoms with E-state index in [-0.39, 0.29) is 13.0 Å². The van der Waals surface area contributed by atoms with Crippen LogP contribution in [0.3, 0.4) is 0 Å². The number of aliphatic hydroxyl groups is 1. The normalized spacial score (nSPS) is 34.9. The first-order chi connectivity index (χ1) is 11.7.